The third-order valence-electron chi connectivity index (χ3n) is 2.67. The van der Waals surface area contributed by atoms with Crippen molar-refractivity contribution in [3.63, 3.8) is 0 Å². The van der Waals surface area contributed by atoms with Gasteiger partial charge in [-0.1, -0.05) is 22.0 Å². The minimum Gasteiger partial charge on any atom is -0.399 e. The Morgan fingerprint density at radius 1 is 1.22 bits per heavy atom. The molecule has 0 saturated heterocycles. The van der Waals surface area contributed by atoms with Gasteiger partial charge in [-0.3, -0.25) is 9.88 Å². The van der Waals surface area contributed by atoms with Crippen LogP contribution in [0.25, 0.3) is 0 Å². The fraction of sp³-hybridized carbons (Fsp3) is 0.214. The summed E-state index contributed by atoms with van der Waals surface area (Å²) in [4.78, 5) is 6.53. The summed E-state index contributed by atoms with van der Waals surface area (Å²) in [6.45, 7) is 1.66. The third kappa shape index (κ3) is 3.55. The largest absolute Gasteiger partial charge is 0.399 e. The fourth-order valence-corrected chi connectivity index (χ4v) is 2.20. The molecule has 1 heterocycles. The molecule has 1 aromatic carbocycles. The first-order chi connectivity index (χ1) is 8.65. The molecule has 1 aromatic heterocycles. The van der Waals surface area contributed by atoms with Crippen molar-refractivity contribution in [3.8, 4) is 0 Å². The zero-order valence-corrected chi connectivity index (χ0v) is 11.9. The molecule has 0 unspecified atom stereocenters. The minimum atomic E-state index is 0.791. The van der Waals surface area contributed by atoms with Gasteiger partial charge in [-0.2, -0.15) is 0 Å². The van der Waals surface area contributed by atoms with E-state index in [0.29, 0.717) is 0 Å². The SMILES string of the molecule is CN(Cc1ccccn1)Cc1cc(N)ccc1Br. The van der Waals surface area contributed by atoms with Crippen molar-refractivity contribution in [1.82, 2.24) is 9.88 Å². The van der Waals surface area contributed by atoms with E-state index in [9.17, 15) is 0 Å². The summed E-state index contributed by atoms with van der Waals surface area (Å²) in [5, 5.41) is 0. The molecule has 94 valence electrons. The molecule has 3 nitrogen and oxygen atoms in total. The number of pyridine rings is 1. The van der Waals surface area contributed by atoms with Crippen LogP contribution in [0.3, 0.4) is 0 Å². The van der Waals surface area contributed by atoms with Gasteiger partial charge < -0.3 is 5.73 Å². The maximum atomic E-state index is 5.80. The van der Waals surface area contributed by atoms with Crippen molar-refractivity contribution in [2.75, 3.05) is 12.8 Å². The second-order valence-corrected chi connectivity index (χ2v) is 5.20. The molecule has 2 rings (SSSR count). The van der Waals surface area contributed by atoms with Crippen LogP contribution in [-0.4, -0.2) is 16.9 Å². The van der Waals surface area contributed by atoms with E-state index >= 15 is 0 Å². The number of hydrogen-bond acceptors (Lipinski definition) is 3. The Balaban J connectivity index is 2.03. The highest BCUT2D eigenvalue weighted by Gasteiger charge is 2.06. The zero-order valence-electron chi connectivity index (χ0n) is 10.3. The van der Waals surface area contributed by atoms with E-state index in [-0.39, 0.29) is 0 Å². The summed E-state index contributed by atoms with van der Waals surface area (Å²) in [5.41, 5.74) is 8.85. The van der Waals surface area contributed by atoms with Crippen molar-refractivity contribution < 1.29 is 0 Å². The molecule has 0 bridgehead atoms. The van der Waals surface area contributed by atoms with Gasteiger partial charge in [0.25, 0.3) is 0 Å². The van der Waals surface area contributed by atoms with Crippen molar-refractivity contribution in [1.29, 1.82) is 0 Å². The van der Waals surface area contributed by atoms with E-state index in [4.69, 9.17) is 5.73 Å². The Morgan fingerprint density at radius 2 is 2.06 bits per heavy atom. The van der Waals surface area contributed by atoms with Crippen LogP contribution >= 0.6 is 15.9 Å². The lowest BCUT2D eigenvalue weighted by Crippen LogP contribution is -2.18. The van der Waals surface area contributed by atoms with E-state index in [2.05, 4.69) is 32.9 Å². The molecule has 18 heavy (non-hydrogen) atoms. The molecular weight excluding hydrogens is 290 g/mol. The monoisotopic (exact) mass is 305 g/mol. The Hall–Kier alpha value is -1.39. The normalized spacial score (nSPS) is 10.8. The number of anilines is 1. The Morgan fingerprint density at radius 3 is 2.78 bits per heavy atom. The summed E-state index contributed by atoms with van der Waals surface area (Å²) in [6, 6.07) is 11.8. The average Bonchev–Trinajstić information content (AvgIpc) is 2.35. The zero-order chi connectivity index (χ0) is 13.0. The van der Waals surface area contributed by atoms with Crippen LogP contribution in [-0.2, 0) is 13.1 Å². The standard InChI is InChI=1S/C14H16BrN3/c1-18(10-13-4-2-3-7-17-13)9-11-8-12(16)5-6-14(11)15/h2-8H,9-10,16H2,1H3. The first kappa shape index (κ1) is 13.1. The highest BCUT2D eigenvalue weighted by atomic mass is 79.9. The van der Waals surface area contributed by atoms with Crippen molar-refractivity contribution >= 4 is 21.6 Å². The summed E-state index contributed by atoms with van der Waals surface area (Å²) >= 11 is 3.55. The van der Waals surface area contributed by atoms with Crippen LogP contribution in [0.5, 0.6) is 0 Å². The first-order valence-corrected chi connectivity index (χ1v) is 6.57. The second-order valence-electron chi connectivity index (χ2n) is 4.34. The van der Waals surface area contributed by atoms with E-state index in [1.54, 1.807) is 0 Å². The highest BCUT2D eigenvalue weighted by molar-refractivity contribution is 9.10. The molecule has 0 amide bonds. The summed E-state index contributed by atoms with van der Waals surface area (Å²) in [7, 11) is 2.07. The minimum absolute atomic E-state index is 0.791. The summed E-state index contributed by atoms with van der Waals surface area (Å²) in [6.07, 6.45) is 1.82. The van der Waals surface area contributed by atoms with E-state index in [1.807, 2.05) is 42.6 Å². The lowest BCUT2D eigenvalue weighted by atomic mass is 10.2. The van der Waals surface area contributed by atoms with Crippen LogP contribution in [0.2, 0.25) is 0 Å². The quantitative estimate of drug-likeness (QED) is 0.883. The van der Waals surface area contributed by atoms with Crippen molar-refractivity contribution in [2.45, 2.75) is 13.1 Å². The third-order valence-corrected chi connectivity index (χ3v) is 3.44. The number of nitrogens with two attached hydrogens (primary N) is 1. The number of nitrogen functional groups attached to an aromatic ring is 1. The topological polar surface area (TPSA) is 42.2 Å². The molecule has 0 spiro atoms. The molecule has 2 N–H and O–H groups in total. The number of rotatable bonds is 4. The van der Waals surface area contributed by atoms with E-state index < -0.39 is 0 Å². The highest BCUT2D eigenvalue weighted by Crippen LogP contribution is 2.21. The van der Waals surface area contributed by atoms with E-state index in [1.165, 1.54) is 5.56 Å². The smallest absolute Gasteiger partial charge is 0.0543 e. The van der Waals surface area contributed by atoms with Gasteiger partial charge >= 0.3 is 0 Å². The number of hydrogen-bond donors (Lipinski definition) is 1. The van der Waals surface area contributed by atoms with Gasteiger partial charge in [-0.25, -0.2) is 0 Å². The average molecular weight is 306 g/mol. The van der Waals surface area contributed by atoms with Gasteiger partial charge in [0.1, 0.15) is 0 Å². The first-order valence-electron chi connectivity index (χ1n) is 5.77. The maximum absolute atomic E-state index is 5.80. The molecule has 0 aliphatic rings. The van der Waals surface area contributed by atoms with Crippen LogP contribution in [0, 0.1) is 0 Å². The number of halogens is 1. The van der Waals surface area contributed by atoms with Crippen LogP contribution < -0.4 is 5.73 Å². The maximum Gasteiger partial charge on any atom is 0.0543 e. The lowest BCUT2D eigenvalue weighted by Gasteiger charge is -2.17. The molecule has 0 fully saturated rings. The summed E-state index contributed by atoms with van der Waals surface area (Å²) < 4.78 is 1.09. The number of nitrogens with zero attached hydrogens (tertiary/aromatic N) is 2. The molecule has 4 heteroatoms. The molecule has 0 aliphatic heterocycles. The number of aromatic nitrogens is 1. The van der Waals surface area contributed by atoms with Gasteiger partial charge in [0.05, 0.1) is 5.69 Å². The fourth-order valence-electron chi connectivity index (χ4n) is 1.83. The molecule has 0 radical (unpaired) electrons. The summed E-state index contributed by atoms with van der Waals surface area (Å²) in [5.74, 6) is 0. The van der Waals surface area contributed by atoms with Gasteiger partial charge in [0, 0.05) is 29.4 Å². The van der Waals surface area contributed by atoms with Crippen LogP contribution in [0.4, 0.5) is 5.69 Å². The Bertz CT molecular complexity index is 514. The predicted octanol–water partition coefficient (Wildman–Crippen LogP) is 3.06. The van der Waals surface area contributed by atoms with Crippen LogP contribution in [0.15, 0.2) is 47.1 Å². The van der Waals surface area contributed by atoms with Gasteiger partial charge in [-0.05, 0) is 42.9 Å². The Labute approximate surface area is 116 Å². The number of benzene rings is 1. The molecular formula is C14H16BrN3. The molecule has 2 aromatic rings. The van der Waals surface area contributed by atoms with Crippen molar-refractivity contribution in [3.05, 3.63) is 58.3 Å². The lowest BCUT2D eigenvalue weighted by molar-refractivity contribution is 0.314. The van der Waals surface area contributed by atoms with E-state index in [0.717, 1.165) is 28.9 Å². The van der Waals surface area contributed by atoms with Gasteiger partial charge in [0.2, 0.25) is 0 Å². The predicted molar refractivity (Wildman–Crippen MR) is 78.0 cm³/mol. The van der Waals surface area contributed by atoms with Crippen LogP contribution in [0.1, 0.15) is 11.3 Å². The molecule has 0 atom stereocenters. The van der Waals surface area contributed by atoms with Gasteiger partial charge in [0.15, 0.2) is 0 Å². The Kier molecular flexibility index (Phi) is 4.33. The van der Waals surface area contributed by atoms with Gasteiger partial charge in [-0.15, -0.1) is 0 Å². The second kappa shape index (κ2) is 5.98. The van der Waals surface area contributed by atoms with Crippen molar-refractivity contribution in [2.24, 2.45) is 0 Å². The molecule has 0 aliphatic carbocycles. The molecule has 0 saturated carbocycles.